The van der Waals surface area contributed by atoms with Gasteiger partial charge in [-0.15, -0.1) is 0 Å². The maximum absolute atomic E-state index is 12.0. The fraction of sp³-hybridized carbons (Fsp3) is 0.455. The average molecular weight is 327 g/mol. The van der Waals surface area contributed by atoms with Gasteiger partial charge in [-0.3, -0.25) is 4.79 Å². The fourth-order valence-electron chi connectivity index (χ4n) is 3.41. The average Bonchev–Trinajstić information content (AvgIpc) is 2.91. The molecule has 0 bridgehead atoms. The number of fused-ring (bicyclic) bond motifs is 5. The minimum absolute atomic E-state index is 0.0971. The Morgan fingerprint density at radius 3 is 2.95 bits per heavy atom. The van der Waals surface area contributed by atoms with Crippen LogP contribution in [0.3, 0.4) is 0 Å². The number of aromatic nitrogens is 1. The third-order valence-electron chi connectivity index (χ3n) is 4.16. The van der Waals surface area contributed by atoms with Gasteiger partial charge in [0.05, 0.1) is 16.7 Å². The van der Waals surface area contributed by atoms with Crippen LogP contribution in [-0.4, -0.2) is 39.4 Å². The number of carbonyl (C=O) groups is 2. The monoisotopic (exact) mass is 326 g/mol. The van der Waals surface area contributed by atoms with E-state index < -0.39 is 17.8 Å². The molecule has 4 rings (SSSR count). The molecule has 0 unspecified atom stereocenters. The molecule has 8 heteroatoms. The van der Waals surface area contributed by atoms with Crippen LogP contribution in [0.2, 0.25) is 0 Å². The van der Waals surface area contributed by atoms with Crippen LogP contribution in [0, 0.1) is 0 Å². The smallest absolute Gasteiger partial charge is 0.317 e. The first-order valence-electron chi connectivity index (χ1n) is 5.98. The van der Waals surface area contributed by atoms with E-state index in [1.54, 1.807) is 12.1 Å². The van der Waals surface area contributed by atoms with Crippen LogP contribution < -0.4 is 16.0 Å². The topological polar surface area (TPSA) is 95.4 Å². The third-order valence-corrected chi connectivity index (χ3v) is 4.80. The van der Waals surface area contributed by atoms with Gasteiger partial charge in [0.1, 0.15) is 11.7 Å². The van der Waals surface area contributed by atoms with Crippen molar-refractivity contribution in [2.24, 2.45) is 0 Å². The Hall–Kier alpha value is -1.54. The number of nitrogens with one attached hydrogen (secondary N) is 3. The summed E-state index contributed by atoms with van der Waals surface area (Å²) in [5.41, 5.74) is -0.756. The molecule has 4 atom stereocenters. The summed E-state index contributed by atoms with van der Waals surface area (Å²) in [4.78, 5) is 23.4. The lowest BCUT2D eigenvalue weighted by Crippen LogP contribution is -2.56. The molecular weight excluding hydrogens is 316 g/mol. The molecule has 3 aliphatic rings. The van der Waals surface area contributed by atoms with Crippen LogP contribution in [0.4, 0.5) is 4.79 Å². The summed E-state index contributed by atoms with van der Waals surface area (Å²) >= 11 is 3.42. The van der Waals surface area contributed by atoms with Crippen LogP contribution in [0.15, 0.2) is 16.7 Å². The molecular formula is C11H11BrN4O3. The zero-order valence-corrected chi connectivity index (χ0v) is 11.3. The maximum Gasteiger partial charge on any atom is 0.317 e. The number of hydrogen-bond acceptors (Lipinski definition) is 3. The standard InChI is InChI=1S/C11H11BrN4O3/c12-6-2-1-4-9(17)13-7-5(16(4)6)3-11(19)8(7)14-10(18)15-11/h1-2,5,7-8,19H,3H2,(H,13,17)(H2,14,15,18)/t5-,7-,8+,11+/m0/s1. The van der Waals surface area contributed by atoms with E-state index >= 15 is 0 Å². The number of carbonyl (C=O) groups excluding carboxylic acids is 2. The van der Waals surface area contributed by atoms with Crippen molar-refractivity contribution in [3.63, 3.8) is 0 Å². The van der Waals surface area contributed by atoms with Gasteiger partial charge < -0.3 is 25.6 Å². The molecule has 3 amide bonds. The zero-order valence-electron chi connectivity index (χ0n) is 9.68. The van der Waals surface area contributed by atoms with E-state index in [1.807, 2.05) is 4.57 Å². The van der Waals surface area contributed by atoms with Gasteiger partial charge in [0.15, 0.2) is 5.72 Å². The van der Waals surface area contributed by atoms with Crippen molar-refractivity contribution in [3.8, 4) is 0 Å². The van der Waals surface area contributed by atoms with Crippen molar-refractivity contribution >= 4 is 27.9 Å². The Bertz CT molecular complexity index is 615. The van der Waals surface area contributed by atoms with E-state index in [4.69, 9.17) is 0 Å². The highest BCUT2D eigenvalue weighted by Crippen LogP contribution is 2.43. The van der Waals surface area contributed by atoms with Crippen molar-refractivity contribution in [1.29, 1.82) is 0 Å². The molecule has 4 N–H and O–H groups in total. The molecule has 19 heavy (non-hydrogen) atoms. The highest BCUT2D eigenvalue weighted by Gasteiger charge is 2.60. The predicted molar refractivity (Wildman–Crippen MR) is 67.4 cm³/mol. The Morgan fingerprint density at radius 2 is 2.16 bits per heavy atom. The molecule has 0 aromatic carbocycles. The van der Waals surface area contributed by atoms with E-state index in [2.05, 4.69) is 31.9 Å². The molecule has 100 valence electrons. The number of urea groups is 1. The summed E-state index contributed by atoms with van der Waals surface area (Å²) in [5, 5.41) is 18.6. The molecule has 1 aromatic heterocycles. The molecule has 2 fully saturated rings. The molecule has 7 nitrogen and oxygen atoms in total. The number of hydrogen-bond donors (Lipinski definition) is 4. The van der Waals surface area contributed by atoms with Crippen molar-refractivity contribution < 1.29 is 14.7 Å². The van der Waals surface area contributed by atoms with Gasteiger partial charge in [-0.1, -0.05) is 0 Å². The Labute approximate surface area is 116 Å². The molecule has 0 radical (unpaired) electrons. The minimum Gasteiger partial charge on any atom is -0.369 e. The first-order chi connectivity index (χ1) is 8.99. The summed E-state index contributed by atoms with van der Waals surface area (Å²) in [5.74, 6) is -0.197. The lowest BCUT2D eigenvalue weighted by molar-refractivity contribution is 0.0215. The van der Waals surface area contributed by atoms with Crippen molar-refractivity contribution in [3.05, 3.63) is 22.4 Å². The van der Waals surface area contributed by atoms with Crippen molar-refractivity contribution in [1.82, 2.24) is 20.5 Å². The van der Waals surface area contributed by atoms with Gasteiger partial charge >= 0.3 is 6.03 Å². The molecule has 1 aliphatic carbocycles. The van der Waals surface area contributed by atoms with E-state index in [0.717, 1.165) is 4.60 Å². The van der Waals surface area contributed by atoms with Crippen molar-refractivity contribution in [2.45, 2.75) is 30.3 Å². The molecule has 1 saturated carbocycles. The van der Waals surface area contributed by atoms with Crippen LogP contribution in [0.25, 0.3) is 0 Å². The predicted octanol–water partition coefficient (Wildman–Crippen LogP) is -0.323. The summed E-state index contributed by atoms with van der Waals surface area (Å²) < 4.78 is 2.66. The van der Waals surface area contributed by atoms with Gasteiger partial charge in [0.25, 0.3) is 5.91 Å². The number of aliphatic hydroxyl groups is 1. The zero-order chi connectivity index (χ0) is 13.4. The largest absolute Gasteiger partial charge is 0.369 e. The number of nitrogens with zero attached hydrogens (tertiary/aromatic N) is 1. The Balaban J connectivity index is 1.83. The summed E-state index contributed by atoms with van der Waals surface area (Å²) in [6.45, 7) is 0. The van der Waals surface area contributed by atoms with E-state index in [9.17, 15) is 14.7 Å². The summed E-state index contributed by atoms with van der Waals surface area (Å²) in [7, 11) is 0. The fourth-order valence-corrected chi connectivity index (χ4v) is 3.99. The van der Waals surface area contributed by atoms with Crippen LogP contribution in [-0.2, 0) is 0 Å². The third kappa shape index (κ3) is 1.30. The second-order valence-electron chi connectivity index (χ2n) is 5.18. The van der Waals surface area contributed by atoms with E-state index in [1.165, 1.54) is 0 Å². The van der Waals surface area contributed by atoms with Crippen LogP contribution in [0.1, 0.15) is 23.0 Å². The minimum atomic E-state index is -1.31. The van der Waals surface area contributed by atoms with Crippen LogP contribution in [0.5, 0.6) is 0 Å². The van der Waals surface area contributed by atoms with Crippen molar-refractivity contribution in [2.75, 3.05) is 0 Å². The second kappa shape index (κ2) is 3.31. The number of halogens is 1. The van der Waals surface area contributed by atoms with Gasteiger partial charge in [0, 0.05) is 6.42 Å². The van der Waals surface area contributed by atoms with Crippen LogP contribution >= 0.6 is 15.9 Å². The summed E-state index contributed by atoms with van der Waals surface area (Å²) in [6.07, 6.45) is 0.349. The highest BCUT2D eigenvalue weighted by molar-refractivity contribution is 9.10. The Kier molecular flexibility index (Phi) is 1.97. The van der Waals surface area contributed by atoms with Gasteiger partial charge in [-0.05, 0) is 28.1 Å². The number of amides is 3. The van der Waals surface area contributed by atoms with E-state index in [0.29, 0.717) is 12.1 Å². The summed E-state index contributed by atoms with van der Waals surface area (Å²) in [6, 6.07) is 2.20. The first-order valence-corrected chi connectivity index (χ1v) is 6.77. The normalized spacial score (nSPS) is 38.9. The molecule has 3 heterocycles. The lowest BCUT2D eigenvalue weighted by atomic mass is 10.1. The highest BCUT2D eigenvalue weighted by atomic mass is 79.9. The van der Waals surface area contributed by atoms with Gasteiger partial charge in [0.2, 0.25) is 0 Å². The quantitative estimate of drug-likeness (QED) is 0.526. The Morgan fingerprint density at radius 1 is 1.37 bits per heavy atom. The van der Waals surface area contributed by atoms with E-state index in [-0.39, 0.29) is 18.0 Å². The molecule has 0 spiro atoms. The molecule has 2 aliphatic heterocycles. The SMILES string of the molecule is O=C1N[C@@H]2[C@H]3NC(=O)c4ccc(Br)n4[C@H]3C[C@]2(O)N1. The second-order valence-corrected chi connectivity index (χ2v) is 5.99. The molecule has 1 saturated heterocycles. The maximum atomic E-state index is 12.0. The lowest BCUT2D eigenvalue weighted by Gasteiger charge is -2.32. The number of rotatable bonds is 0. The molecule has 1 aromatic rings. The van der Waals surface area contributed by atoms with Gasteiger partial charge in [-0.25, -0.2) is 4.79 Å². The van der Waals surface area contributed by atoms with Gasteiger partial charge in [-0.2, -0.15) is 0 Å². The first kappa shape index (κ1) is 11.3.